The highest BCUT2D eigenvalue weighted by Crippen LogP contribution is 2.40. The fourth-order valence-electron chi connectivity index (χ4n) is 7.81. The number of para-hydroxylation sites is 1. The monoisotopic (exact) mass is 789 g/mol. The number of aliphatic carboxylic acids is 1. The Balaban J connectivity index is 0.820. The number of ether oxygens (including phenoxy) is 2. The lowest BCUT2D eigenvalue weighted by Gasteiger charge is -2.43. The smallest absolute Gasteiger partial charge is 0.357 e. The minimum atomic E-state index is -0.647. The fourth-order valence-corrected chi connectivity index (χ4v) is 9.79. The molecule has 1 saturated carbocycles. The number of benzene rings is 3. The highest BCUT2D eigenvalue weighted by molar-refractivity contribution is 7.22. The number of hydrogen-bond acceptors (Lipinski definition) is 11. The van der Waals surface area contributed by atoms with Crippen LogP contribution >= 0.6 is 22.7 Å². The Hall–Kier alpha value is -5.29. The number of aromatic nitrogens is 2. The first-order valence-corrected chi connectivity index (χ1v) is 20.7. The lowest BCUT2D eigenvalue weighted by molar-refractivity contribution is -0.146. The second-order valence-corrected chi connectivity index (χ2v) is 16.9. The topological polar surface area (TPSA) is 134 Å². The molecule has 2 aromatic heterocycles. The highest BCUT2D eigenvalue weighted by Gasteiger charge is 2.38. The second kappa shape index (κ2) is 16.8. The zero-order valence-electron chi connectivity index (χ0n) is 31.2. The number of carbonyl (C=O) groups excluding carboxylic acids is 2. The molecule has 13 heteroatoms. The molecule has 2 aliphatic heterocycles. The molecule has 3 aromatic carbocycles. The lowest BCUT2D eigenvalue weighted by atomic mass is 9.70. The number of hydrogen-bond donors (Lipinski definition) is 2. The molecular weight excluding hydrogens is 747 g/mol. The molecule has 2 fully saturated rings. The van der Waals surface area contributed by atoms with Crippen LogP contribution in [-0.2, 0) is 28.9 Å². The first kappa shape index (κ1) is 37.6. The summed E-state index contributed by atoms with van der Waals surface area (Å²) in [5.74, 6) is 7.09. The molecule has 1 aliphatic carbocycles. The van der Waals surface area contributed by atoms with Gasteiger partial charge in [0.1, 0.15) is 5.75 Å². The summed E-state index contributed by atoms with van der Waals surface area (Å²) in [7, 11) is 1.37. The van der Waals surface area contributed by atoms with Gasteiger partial charge in [0.15, 0.2) is 16.0 Å². The standard InChI is InChI=1S/C43H43N5O6S2/c1-53-41(52)38-37(12-6-20-54-32-15-13-27(14-16-32)7-5-18-47-24-29(25-47)21-28-22-31(23-28)40(50)51)56-43(45-38)48-19-17-30-8-4-9-33(34(30)26-48)39(49)46-42-44-35-10-2-3-11-36(35)55-42/h2-4,8-11,13-16,28-29,31H,6,12,17-26H2,1H3,(H,50,51)(H,44,46,49). The zero-order chi connectivity index (χ0) is 38.6. The maximum atomic E-state index is 13.5. The summed E-state index contributed by atoms with van der Waals surface area (Å²) in [6, 6.07) is 21.4. The van der Waals surface area contributed by atoms with Crippen molar-refractivity contribution < 1.29 is 29.0 Å². The van der Waals surface area contributed by atoms with Crippen LogP contribution in [0, 0.1) is 29.6 Å². The quantitative estimate of drug-likeness (QED) is 0.0720. The Labute approximate surface area is 333 Å². The molecule has 8 rings (SSSR count). The number of carboxylic acids is 1. The van der Waals surface area contributed by atoms with E-state index >= 15 is 0 Å². The Morgan fingerprint density at radius 1 is 0.982 bits per heavy atom. The largest absolute Gasteiger partial charge is 0.494 e. The molecule has 4 heterocycles. The van der Waals surface area contributed by atoms with Crippen LogP contribution in [0.5, 0.6) is 5.75 Å². The van der Waals surface area contributed by atoms with Crippen molar-refractivity contribution in [3.05, 3.63) is 99.6 Å². The number of methoxy groups -OCH3 is 1. The van der Waals surface area contributed by atoms with Crippen LogP contribution in [0.4, 0.5) is 10.3 Å². The van der Waals surface area contributed by atoms with Crippen LogP contribution in [0.25, 0.3) is 10.2 Å². The summed E-state index contributed by atoms with van der Waals surface area (Å²) in [5.41, 5.74) is 4.79. The lowest BCUT2D eigenvalue weighted by Crippen LogP contribution is -2.48. The van der Waals surface area contributed by atoms with Gasteiger partial charge in [-0.2, -0.15) is 0 Å². The third-order valence-corrected chi connectivity index (χ3v) is 13.0. The average molecular weight is 790 g/mol. The zero-order valence-corrected chi connectivity index (χ0v) is 32.8. The summed E-state index contributed by atoms with van der Waals surface area (Å²) in [4.78, 5) is 52.0. The Kier molecular flexibility index (Phi) is 11.3. The van der Waals surface area contributed by atoms with Gasteiger partial charge in [0.2, 0.25) is 0 Å². The molecule has 1 saturated heterocycles. The Bertz CT molecular complexity index is 2270. The van der Waals surface area contributed by atoms with E-state index in [1.54, 1.807) is 0 Å². The van der Waals surface area contributed by atoms with Gasteiger partial charge in [-0.3, -0.25) is 19.8 Å². The summed E-state index contributed by atoms with van der Waals surface area (Å²) >= 11 is 2.94. The van der Waals surface area contributed by atoms with Crippen molar-refractivity contribution in [2.24, 2.45) is 17.8 Å². The van der Waals surface area contributed by atoms with E-state index in [1.807, 2.05) is 60.7 Å². The summed E-state index contributed by atoms with van der Waals surface area (Å²) in [6.45, 7) is 4.49. The van der Waals surface area contributed by atoms with Gasteiger partial charge in [-0.05, 0) is 104 Å². The number of anilines is 2. The predicted molar refractivity (Wildman–Crippen MR) is 218 cm³/mol. The van der Waals surface area contributed by atoms with Gasteiger partial charge in [-0.15, -0.1) is 11.3 Å². The predicted octanol–water partition coefficient (Wildman–Crippen LogP) is 7.15. The molecule has 0 unspecified atom stereocenters. The van der Waals surface area contributed by atoms with Gasteiger partial charge in [0.25, 0.3) is 5.91 Å². The number of amides is 1. The molecule has 0 radical (unpaired) electrons. The normalized spacial score (nSPS) is 17.9. The van der Waals surface area contributed by atoms with Gasteiger partial charge in [0.05, 0.1) is 36.4 Å². The van der Waals surface area contributed by atoms with E-state index in [0.29, 0.717) is 60.8 Å². The van der Waals surface area contributed by atoms with E-state index in [9.17, 15) is 14.4 Å². The highest BCUT2D eigenvalue weighted by atomic mass is 32.1. The summed E-state index contributed by atoms with van der Waals surface area (Å²) in [5, 5.41) is 13.4. The van der Waals surface area contributed by atoms with Crippen molar-refractivity contribution in [2.75, 3.05) is 50.1 Å². The van der Waals surface area contributed by atoms with Crippen molar-refractivity contribution in [2.45, 2.75) is 45.1 Å². The van der Waals surface area contributed by atoms with Gasteiger partial charge >= 0.3 is 11.9 Å². The van der Waals surface area contributed by atoms with Crippen molar-refractivity contribution >= 4 is 61.0 Å². The molecule has 11 nitrogen and oxygen atoms in total. The minimum absolute atomic E-state index is 0.125. The molecule has 0 spiro atoms. The van der Waals surface area contributed by atoms with Gasteiger partial charge < -0.3 is 19.5 Å². The van der Waals surface area contributed by atoms with E-state index < -0.39 is 11.9 Å². The molecule has 2 N–H and O–H groups in total. The summed E-state index contributed by atoms with van der Waals surface area (Å²) in [6.07, 6.45) is 4.84. The number of nitrogens with zero attached hydrogens (tertiary/aromatic N) is 4. The van der Waals surface area contributed by atoms with Crippen molar-refractivity contribution in [3.63, 3.8) is 0 Å². The van der Waals surface area contributed by atoms with Crippen LogP contribution in [-0.4, -0.2) is 77.7 Å². The number of carbonyl (C=O) groups is 3. The Morgan fingerprint density at radius 3 is 2.59 bits per heavy atom. The number of carboxylic acid groups (broad SMARTS) is 1. The molecule has 0 atom stereocenters. The maximum absolute atomic E-state index is 13.5. The number of thiazole rings is 2. The van der Waals surface area contributed by atoms with Crippen LogP contribution in [0.15, 0.2) is 66.7 Å². The fraction of sp³-hybridized carbons (Fsp3) is 0.372. The van der Waals surface area contributed by atoms with E-state index in [4.69, 9.17) is 19.6 Å². The first-order chi connectivity index (χ1) is 27.3. The molecule has 1 amide bonds. The van der Waals surface area contributed by atoms with Crippen molar-refractivity contribution in [3.8, 4) is 17.6 Å². The van der Waals surface area contributed by atoms with Gasteiger partial charge in [-0.1, -0.05) is 47.4 Å². The van der Waals surface area contributed by atoms with E-state index in [-0.39, 0.29) is 11.8 Å². The maximum Gasteiger partial charge on any atom is 0.357 e. The van der Waals surface area contributed by atoms with Gasteiger partial charge in [-0.25, -0.2) is 14.8 Å². The summed E-state index contributed by atoms with van der Waals surface area (Å²) < 4.78 is 12.2. The number of likely N-dealkylation sites (tertiary alicyclic amines) is 1. The minimum Gasteiger partial charge on any atom is -0.494 e. The average Bonchev–Trinajstić information content (AvgIpc) is 3.80. The van der Waals surface area contributed by atoms with Crippen LogP contribution in [0.3, 0.4) is 0 Å². The van der Waals surface area contributed by atoms with Crippen molar-refractivity contribution in [1.82, 2.24) is 14.9 Å². The molecule has 3 aliphatic rings. The Morgan fingerprint density at radius 2 is 1.80 bits per heavy atom. The number of esters is 1. The molecular formula is C43H43N5O6S2. The number of nitrogens with one attached hydrogen (secondary N) is 1. The molecule has 288 valence electrons. The van der Waals surface area contributed by atoms with E-state index in [2.05, 4.69) is 38.0 Å². The molecule has 0 bridgehead atoms. The van der Waals surface area contributed by atoms with Crippen LogP contribution in [0.1, 0.15) is 68.1 Å². The van der Waals surface area contributed by atoms with Crippen LogP contribution in [0.2, 0.25) is 0 Å². The van der Waals surface area contributed by atoms with Crippen molar-refractivity contribution in [1.29, 1.82) is 0 Å². The SMILES string of the molecule is COC(=O)c1nc(N2CCc3cccc(C(=O)Nc4nc5ccccc5s4)c3C2)sc1CCCOc1ccc(C#CCN2CC(CC3CC(C(=O)O)C3)C2)cc1. The third kappa shape index (κ3) is 8.58. The number of rotatable bonds is 13. The van der Waals surface area contributed by atoms with Crippen LogP contribution < -0.4 is 15.0 Å². The second-order valence-electron chi connectivity index (χ2n) is 14.8. The number of aryl methyl sites for hydroxylation is 1. The number of fused-ring (bicyclic) bond motifs is 2. The molecule has 56 heavy (non-hydrogen) atoms. The third-order valence-electron chi connectivity index (χ3n) is 10.9. The van der Waals surface area contributed by atoms with Gasteiger partial charge in [0, 0.05) is 42.2 Å². The first-order valence-electron chi connectivity index (χ1n) is 19.1. The van der Waals surface area contributed by atoms with E-state index in [1.165, 1.54) is 29.8 Å². The molecule has 5 aromatic rings. The van der Waals surface area contributed by atoms with E-state index in [0.717, 1.165) is 88.0 Å².